The lowest BCUT2D eigenvalue weighted by Gasteiger charge is -2.05. The predicted octanol–water partition coefficient (Wildman–Crippen LogP) is 1.71. The number of benzene rings is 1. The van der Waals surface area contributed by atoms with Gasteiger partial charge < -0.3 is 20.7 Å². The van der Waals surface area contributed by atoms with Crippen molar-refractivity contribution in [3.8, 4) is 11.4 Å². The molecule has 5 N–H and O–H groups in total. The lowest BCUT2D eigenvalue weighted by atomic mass is 10.1. The fourth-order valence-corrected chi connectivity index (χ4v) is 3.44. The van der Waals surface area contributed by atoms with Crippen LogP contribution < -0.4 is 16.9 Å². The summed E-state index contributed by atoms with van der Waals surface area (Å²) in [6, 6.07) is 5.51. The molecule has 0 saturated heterocycles. The molecule has 11 nitrogen and oxygen atoms in total. The van der Waals surface area contributed by atoms with Crippen molar-refractivity contribution in [2.24, 2.45) is 5.73 Å². The minimum Gasteiger partial charge on any atom is -0.462 e. The van der Waals surface area contributed by atoms with Gasteiger partial charge >= 0.3 is 5.97 Å². The van der Waals surface area contributed by atoms with Crippen LogP contribution in [0.1, 0.15) is 33.4 Å². The van der Waals surface area contributed by atoms with Crippen molar-refractivity contribution in [3.05, 3.63) is 47.0 Å². The van der Waals surface area contributed by atoms with Crippen LogP contribution in [0.25, 0.3) is 11.4 Å². The molecule has 0 spiro atoms. The summed E-state index contributed by atoms with van der Waals surface area (Å²) in [7, 11) is 0. The number of nitrogen functional groups attached to an aromatic ring is 1. The Morgan fingerprint density at radius 1 is 1.22 bits per heavy atom. The normalized spacial score (nSPS) is 10.7. The third kappa shape index (κ3) is 4.72. The van der Waals surface area contributed by atoms with Gasteiger partial charge in [-0.25, -0.2) is 13.9 Å². The third-order valence-electron chi connectivity index (χ3n) is 4.16. The molecule has 0 bridgehead atoms. The number of amides is 2. The molecule has 0 aliphatic heterocycles. The highest BCUT2D eigenvalue weighted by molar-refractivity contribution is 7.99. The zero-order valence-corrected chi connectivity index (χ0v) is 17.9. The summed E-state index contributed by atoms with van der Waals surface area (Å²) in [6.45, 7) is 3.13. The average Bonchev–Trinajstić information content (AvgIpc) is 3.26. The third-order valence-corrected chi connectivity index (χ3v) is 5.11. The van der Waals surface area contributed by atoms with Gasteiger partial charge in [0.25, 0.3) is 5.91 Å². The van der Waals surface area contributed by atoms with Gasteiger partial charge in [0.15, 0.2) is 5.82 Å². The van der Waals surface area contributed by atoms with Crippen LogP contribution in [0.2, 0.25) is 0 Å². The van der Waals surface area contributed by atoms with Crippen molar-refractivity contribution in [3.63, 3.8) is 0 Å². The number of hydrogen-bond donors (Lipinski definition) is 3. The van der Waals surface area contributed by atoms with Gasteiger partial charge in [-0.3, -0.25) is 14.9 Å². The van der Waals surface area contributed by atoms with E-state index in [0.29, 0.717) is 5.56 Å². The molecular formula is C19H19FN6O5S. The summed E-state index contributed by atoms with van der Waals surface area (Å²) < 4.78 is 24.5. The van der Waals surface area contributed by atoms with Gasteiger partial charge in [0, 0.05) is 5.56 Å². The van der Waals surface area contributed by atoms with Crippen molar-refractivity contribution >= 4 is 35.4 Å². The molecule has 2 aromatic heterocycles. The van der Waals surface area contributed by atoms with Gasteiger partial charge in [0.05, 0.1) is 12.4 Å². The summed E-state index contributed by atoms with van der Waals surface area (Å²) in [5.41, 5.74) is 5.49. The van der Waals surface area contributed by atoms with E-state index < -0.39 is 23.6 Å². The fourth-order valence-electron chi connectivity index (χ4n) is 2.78. The van der Waals surface area contributed by atoms with Gasteiger partial charge in [-0.15, -0.1) is 10.2 Å². The Labute approximate surface area is 185 Å². The molecule has 3 aromatic rings. The number of anilines is 1. The number of halogens is 1. The van der Waals surface area contributed by atoms with Gasteiger partial charge in [-0.2, -0.15) is 0 Å². The minimum absolute atomic E-state index is 0.0749. The van der Waals surface area contributed by atoms with Crippen molar-refractivity contribution in [1.82, 2.24) is 14.9 Å². The zero-order valence-electron chi connectivity index (χ0n) is 17.0. The lowest BCUT2D eigenvalue weighted by Crippen LogP contribution is -2.21. The predicted molar refractivity (Wildman–Crippen MR) is 113 cm³/mol. The van der Waals surface area contributed by atoms with Gasteiger partial charge in [0.2, 0.25) is 16.9 Å². The maximum absolute atomic E-state index is 13.1. The summed E-state index contributed by atoms with van der Waals surface area (Å²) in [5, 5.41) is 10.5. The molecule has 1 aromatic carbocycles. The first-order valence-corrected chi connectivity index (χ1v) is 10.2. The average molecular weight is 462 g/mol. The quantitative estimate of drug-likeness (QED) is 0.256. The largest absolute Gasteiger partial charge is 0.462 e. The number of nitrogens with two attached hydrogens (primary N) is 2. The van der Waals surface area contributed by atoms with E-state index >= 15 is 0 Å². The highest BCUT2D eigenvalue weighted by atomic mass is 32.2. The molecule has 32 heavy (non-hydrogen) atoms. The number of hydrogen-bond acceptors (Lipinski definition) is 9. The van der Waals surface area contributed by atoms with Gasteiger partial charge in [-0.05, 0) is 38.1 Å². The van der Waals surface area contributed by atoms with Crippen LogP contribution in [0.5, 0.6) is 0 Å². The second-order valence-corrected chi connectivity index (χ2v) is 7.28. The first-order valence-electron chi connectivity index (χ1n) is 9.22. The summed E-state index contributed by atoms with van der Waals surface area (Å²) in [6.07, 6.45) is 0. The minimum atomic E-state index is -0.960. The molecule has 168 valence electrons. The molecule has 0 radical (unpaired) electrons. The molecule has 0 fully saturated rings. The Balaban J connectivity index is 1.72. The van der Waals surface area contributed by atoms with Crippen LogP contribution in [0.15, 0.2) is 33.8 Å². The second-order valence-electron chi connectivity index (χ2n) is 6.34. The maximum atomic E-state index is 13.1. The number of nitrogens with one attached hydrogen (secondary N) is 1. The number of thioether (sulfide) groups is 1. The molecule has 3 rings (SSSR count). The first kappa shape index (κ1) is 22.8. The van der Waals surface area contributed by atoms with E-state index in [9.17, 15) is 18.8 Å². The van der Waals surface area contributed by atoms with Crippen molar-refractivity contribution in [2.45, 2.75) is 19.0 Å². The van der Waals surface area contributed by atoms with Crippen LogP contribution in [0, 0.1) is 12.7 Å². The number of esters is 1. The fraction of sp³-hybridized carbons (Fsp3) is 0.211. The Hall–Kier alpha value is -3.87. The van der Waals surface area contributed by atoms with E-state index in [0.717, 1.165) is 16.4 Å². The number of ether oxygens (including phenoxy) is 1. The Kier molecular flexibility index (Phi) is 6.78. The standard InChI is InChI=1S/C19H19FN6O5S/c1-3-30-18(29)13-9(2)31-17(14(13)15(21)28)23-12(27)8-32-19-25-24-16(26(19)22)10-4-6-11(20)7-5-10/h4-7H,3,8,22H2,1-2H3,(H2,21,28)(H,23,27). The number of primary amides is 1. The smallest absolute Gasteiger partial charge is 0.342 e. The topological polar surface area (TPSA) is 168 Å². The highest BCUT2D eigenvalue weighted by Crippen LogP contribution is 2.28. The number of carbonyl (C=O) groups is 3. The first-order chi connectivity index (χ1) is 15.2. The van der Waals surface area contributed by atoms with Crippen LogP contribution in [0.3, 0.4) is 0 Å². The van der Waals surface area contributed by atoms with Crippen LogP contribution in [-0.2, 0) is 9.53 Å². The maximum Gasteiger partial charge on any atom is 0.342 e. The van der Waals surface area contributed by atoms with E-state index in [4.69, 9.17) is 20.7 Å². The molecule has 0 aliphatic rings. The SMILES string of the molecule is CCOC(=O)c1c(C)oc(NC(=O)CSc2nnc(-c3ccc(F)cc3)n2N)c1C(N)=O. The van der Waals surface area contributed by atoms with E-state index in [1.807, 2.05) is 0 Å². The molecule has 0 unspecified atom stereocenters. The van der Waals surface area contributed by atoms with Gasteiger partial charge in [0.1, 0.15) is 22.7 Å². The summed E-state index contributed by atoms with van der Waals surface area (Å²) >= 11 is 0.961. The lowest BCUT2D eigenvalue weighted by molar-refractivity contribution is -0.113. The van der Waals surface area contributed by atoms with E-state index in [2.05, 4.69) is 15.5 Å². The molecule has 13 heteroatoms. The van der Waals surface area contributed by atoms with E-state index in [1.165, 1.54) is 31.2 Å². The van der Waals surface area contributed by atoms with Crippen LogP contribution >= 0.6 is 11.8 Å². The van der Waals surface area contributed by atoms with Crippen LogP contribution in [0.4, 0.5) is 10.3 Å². The Morgan fingerprint density at radius 3 is 2.53 bits per heavy atom. The van der Waals surface area contributed by atoms with Crippen molar-refractivity contribution in [1.29, 1.82) is 0 Å². The van der Waals surface area contributed by atoms with Crippen molar-refractivity contribution in [2.75, 3.05) is 23.5 Å². The number of aryl methyl sites for hydroxylation is 1. The zero-order chi connectivity index (χ0) is 23.4. The number of rotatable bonds is 8. The molecule has 2 amide bonds. The molecule has 0 atom stereocenters. The van der Waals surface area contributed by atoms with Crippen LogP contribution in [-0.4, -0.2) is 45.0 Å². The Bertz CT molecular complexity index is 1170. The van der Waals surface area contributed by atoms with E-state index in [1.54, 1.807) is 6.92 Å². The highest BCUT2D eigenvalue weighted by Gasteiger charge is 2.29. The Morgan fingerprint density at radius 2 is 1.91 bits per heavy atom. The molecule has 2 heterocycles. The van der Waals surface area contributed by atoms with Gasteiger partial charge in [-0.1, -0.05) is 11.8 Å². The second kappa shape index (κ2) is 9.51. The number of aromatic nitrogens is 3. The molecule has 0 saturated carbocycles. The number of carbonyl (C=O) groups excluding carboxylic acids is 3. The molecular weight excluding hydrogens is 443 g/mol. The van der Waals surface area contributed by atoms with E-state index in [-0.39, 0.29) is 46.1 Å². The molecule has 0 aliphatic carbocycles. The monoisotopic (exact) mass is 462 g/mol. The number of furan rings is 1. The summed E-state index contributed by atoms with van der Waals surface area (Å²) in [5.74, 6) is 3.17. The number of nitrogens with zero attached hydrogens (tertiary/aromatic N) is 3. The van der Waals surface area contributed by atoms with Crippen molar-refractivity contribution < 1.29 is 27.9 Å². The summed E-state index contributed by atoms with van der Waals surface area (Å²) in [4.78, 5) is 36.4.